The van der Waals surface area contributed by atoms with Gasteiger partial charge in [0.05, 0.1) is 29.2 Å². The molecular weight excluding hydrogens is 498 g/mol. The molecule has 3 nitrogen and oxygen atoms in total. The summed E-state index contributed by atoms with van der Waals surface area (Å²) in [7, 11) is 0. The Balaban J connectivity index is 1.48. The molecule has 0 saturated heterocycles. The Hall–Kier alpha value is -5.90. The van der Waals surface area contributed by atoms with Crippen molar-refractivity contribution in [3.8, 4) is 45.1 Å². The van der Waals surface area contributed by atoms with E-state index in [2.05, 4.69) is 100 Å². The molecule has 0 aliphatic rings. The maximum absolute atomic E-state index is 9.52. The van der Waals surface area contributed by atoms with Crippen LogP contribution in [0.3, 0.4) is 0 Å². The number of rotatable bonds is 4. The van der Waals surface area contributed by atoms with E-state index in [0.29, 0.717) is 11.3 Å². The molecule has 0 fully saturated rings. The van der Waals surface area contributed by atoms with Gasteiger partial charge in [-0.15, -0.1) is 0 Å². The van der Waals surface area contributed by atoms with Gasteiger partial charge in [0.1, 0.15) is 0 Å². The normalized spacial score (nSPS) is 10.9. The molecule has 190 valence electrons. The van der Waals surface area contributed by atoms with Gasteiger partial charge in [0.2, 0.25) is 0 Å². The van der Waals surface area contributed by atoms with E-state index >= 15 is 0 Å². The summed E-state index contributed by atoms with van der Waals surface area (Å²) in [5.41, 5.74) is 10.5. The van der Waals surface area contributed by atoms with E-state index in [1.807, 2.05) is 54.6 Å². The molecule has 0 saturated carbocycles. The summed E-state index contributed by atoms with van der Waals surface area (Å²) in [6, 6.07) is 49.7. The number of fused-ring (bicyclic) bond motifs is 3. The summed E-state index contributed by atoms with van der Waals surface area (Å²) >= 11 is 0. The molecule has 3 heteroatoms. The van der Waals surface area contributed by atoms with E-state index in [0.717, 1.165) is 50.1 Å². The maximum Gasteiger partial charge on any atom is 0.189 e. The van der Waals surface area contributed by atoms with Crippen LogP contribution in [0.1, 0.15) is 5.56 Å². The van der Waals surface area contributed by atoms with Gasteiger partial charge in [-0.1, -0.05) is 78.9 Å². The fourth-order valence-corrected chi connectivity index (χ4v) is 5.68. The third-order valence-corrected chi connectivity index (χ3v) is 7.57. The van der Waals surface area contributed by atoms with Crippen LogP contribution in [-0.2, 0) is 0 Å². The molecule has 0 radical (unpaired) electrons. The highest BCUT2D eigenvalue weighted by molar-refractivity contribution is 6.09. The molecular formula is C38H23N3. The highest BCUT2D eigenvalue weighted by Gasteiger charge is 2.15. The zero-order valence-corrected chi connectivity index (χ0v) is 22.1. The lowest BCUT2D eigenvalue weighted by Crippen LogP contribution is -1.95. The summed E-state index contributed by atoms with van der Waals surface area (Å²) in [6.45, 7) is 7.93. The average molecular weight is 522 g/mol. The number of nitrogens with zero attached hydrogens (tertiary/aromatic N) is 3. The minimum Gasteiger partial charge on any atom is -0.310 e. The first-order chi connectivity index (χ1) is 20.2. The van der Waals surface area contributed by atoms with Crippen molar-refractivity contribution >= 4 is 27.5 Å². The molecule has 1 heterocycles. The van der Waals surface area contributed by atoms with Gasteiger partial charge in [0, 0.05) is 16.5 Å². The highest BCUT2D eigenvalue weighted by Crippen LogP contribution is 2.38. The first-order valence-corrected chi connectivity index (χ1v) is 13.4. The van der Waals surface area contributed by atoms with Crippen molar-refractivity contribution in [1.82, 2.24) is 4.57 Å². The SMILES string of the molecule is [C-]#[N+]c1cc(-c2cc(-c3ccccc3)cc(-c3cccc(C#N)c3)c2)cc(-n2c3ccccc3c3ccccc32)c1. The Labute approximate surface area is 238 Å². The minimum atomic E-state index is 0.581. The molecule has 0 amide bonds. The fourth-order valence-electron chi connectivity index (χ4n) is 5.68. The van der Waals surface area contributed by atoms with Gasteiger partial charge in [-0.3, -0.25) is 0 Å². The topological polar surface area (TPSA) is 33.1 Å². The van der Waals surface area contributed by atoms with E-state index in [1.54, 1.807) is 0 Å². The second-order valence-corrected chi connectivity index (χ2v) is 10.1. The predicted molar refractivity (Wildman–Crippen MR) is 168 cm³/mol. The highest BCUT2D eigenvalue weighted by atomic mass is 15.0. The van der Waals surface area contributed by atoms with Crippen LogP contribution >= 0.6 is 0 Å². The van der Waals surface area contributed by atoms with Gasteiger partial charge < -0.3 is 4.57 Å². The molecule has 0 bridgehead atoms. The van der Waals surface area contributed by atoms with E-state index in [9.17, 15) is 5.26 Å². The Morgan fingerprint density at radius 3 is 1.73 bits per heavy atom. The summed E-state index contributed by atoms with van der Waals surface area (Å²) in [4.78, 5) is 3.87. The summed E-state index contributed by atoms with van der Waals surface area (Å²) in [6.07, 6.45) is 0. The molecule has 7 rings (SSSR count). The van der Waals surface area contributed by atoms with Crippen LogP contribution in [0.25, 0.3) is 65.7 Å². The molecule has 7 aromatic rings. The smallest absolute Gasteiger partial charge is 0.189 e. The predicted octanol–water partition coefficient (Wildman–Crippen LogP) is 10.2. The Morgan fingerprint density at radius 2 is 1.07 bits per heavy atom. The lowest BCUT2D eigenvalue weighted by molar-refractivity contribution is 1.18. The molecule has 1 aromatic heterocycles. The molecule has 0 aliphatic heterocycles. The van der Waals surface area contributed by atoms with E-state index in [1.165, 1.54) is 10.8 Å². The zero-order valence-electron chi connectivity index (χ0n) is 22.1. The van der Waals surface area contributed by atoms with Gasteiger partial charge in [0.15, 0.2) is 5.69 Å². The third-order valence-electron chi connectivity index (χ3n) is 7.57. The quantitative estimate of drug-likeness (QED) is 0.212. The van der Waals surface area contributed by atoms with Gasteiger partial charge in [-0.05, 0) is 94.0 Å². The van der Waals surface area contributed by atoms with Crippen LogP contribution in [0.4, 0.5) is 5.69 Å². The number of hydrogen-bond donors (Lipinski definition) is 0. The van der Waals surface area contributed by atoms with Crippen molar-refractivity contribution in [3.63, 3.8) is 0 Å². The largest absolute Gasteiger partial charge is 0.310 e. The fraction of sp³-hybridized carbons (Fsp3) is 0. The van der Waals surface area contributed by atoms with Crippen molar-refractivity contribution < 1.29 is 0 Å². The standard InChI is InChI=1S/C38H23N3/c1-40-33-22-32(23-34(24-33)41-37-16-7-5-14-35(37)36-15-6-8-17-38(36)41)31-20-29(27-11-3-2-4-12-27)19-30(21-31)28-13-9-10-26(18-28)25-39/h2-24H. The van der Waals surface area contributed by atoms with Crippen molar-refractivity contribution in [1.29, 1.82) is 5.26 Å². The first kappa shape index (κ1) is 24.2. The minimum absolute atomic E-state index is 0.581. The lowest BCUT2D eigenvalue weighted by atomic mass is 9.92. The molecule has 6 aromatic carbocycles. The number of hydrogen-bond acceptors (Lipinski definition) is 1. The summed E-state index contributed by atoms with van der Waals surface area (Å²) in [5, 5.41) is 11.9. The van der Waals surface area contributed by atoms with Crippen molar-refractivity contribution in [3.05, 3.63) is 157 Å². The van der Waals surface area contributed by atoms with E-state index in [-0.39, 0.29) is 0 Å². The molecule has 0 aliphatic carbocycles. The van der Waals surface area contributed by atoms with Crippen molar-refractivity contribution in [2.24, 2.45) is 0 Å². The Morgan fingerprint density at radius 1 is 0.512 bits per heavy atom. The number of aromatic nitrogens is 1. The summed E-state index contributed by atoms with van der Waals surface area (Å²) < 4.78 is 2.25. The third kappa shape index (κ3) is 4.33. The number of nitriles is 1. The second-order valence-electron chi connectivity index (χ2n) is 10.1. The molecule has 0 spiro atoms. The molecule has 0 unspecified atom stereocenters. The molecule has 41 heavy (non-hydrogen) atoms. The second kappa shape index (κ2) is 10.0. The van der Waals surface area contributed by atoms with Gasteiger partial charge in [-0.25, -0.2) is 4.85 Å². The van der Waals surface area contributed by atoms with Crippen LogP contribution in [0.2, 0.25) is 0 Å². The van der Waals surface area contributed by atoms with Crippen molar-refractivity contribution in [2.45, 2.75) is 0 Å². The Kier molecular flexibility index (Phi) is 5.90. The monoisotopic (exact) mass is 521 g/mol. The maximum atomic E-state index is 9.52. The Bertz CT molecular complexity index is 2120. The van der Waals surface area contributed by atoms with Gasteiger partial charge in [0.25, 0.3) is 0 Å². The molecule has 0 atom stereocenters. The number of benzene rings is 6. The average Bonchev–Trinajstić information content (AvgIpc) is 3.39. The van der Waals surface area contributed by atoms with E-state index < -0.39 is 0 Å². The van der Waals surface area contributed by atoms with Crippen molar-refractivity contribution in [2.75, 3.05) is 0 Å². The van der Waals surface area contributed by atoms with Crippen LogP contribution < -0.4 is 0 Å². The van der Waals surface area contributed by atoms with Crippen LogP contribution in [-0.4, -0.2) is 4.57 Å². The zero-order chi connectivity index (χ0) is 27.8. The van der Waals surface area contributed by atoms with Gasteiger partial charge >= 0.3 is 0 Å². The van der Waals surface area contributed by atoms with Gasteiger partial charge in [-0.2, -0.15) is 5.26 Å². The molecule has 0 N–H and O–H groups in total. The number of para-hydroxylation sites is 2. The van der Waals surface area contributed by atoms with Crippen LogP contribution in [0.15, 0.2) is 140 Å². The summed E-state index contributed by atoms with van der Waals surface area (Å²) in [5.74, 6) is 0. The van der Waals surface area contributed by atoms with Crippen LogP contribution in [0.5, 0.6) is 0 Å². The lowest BCUT2D eigenvalue weighted by Gasteiger charge is -2.14. The first-order valence-electron chi connectivity index (χ1n) is 13.4. The van der Waals surface area contributed by atoms with E-state index in [4.69, 9.17) is 6.57 Å². The van der Waals surface area contributed by atoms with Crippen LogP contribution in [0, 0.1) is 17.9 Å².